The monoisotopic (exact) mass is 357 g/mol. The van der Waals surface area contributed by atoms with Crippen LogP contribution >= 0.6 is 11.6 Å². The third kappa shape index (κ3) is 3.37. The van der Waals surface area contributed by atoms with Crippen LogP contribution < -0.4 is 10.2 Å². The van der Waals surface area contributed by atoms with Gasteiger partial charge >= 0.3 is 0 Å². The Morgan fingerprint density at radius 1 is 1.32 bits per heavy atom. The summed E-state index contributed by atoms with van der Waals surface area (Å²) in [5.41, 5.74) is 0.853. The summed E-state index contributed by atoms with van der Waals surface area (Å²) in [5, 5.41) is 4.81. The zero-order valence-electron chi connectivity index (χ0n) is 14.0. The first-order valence-corrected chi connectivity index (χ1v) is 8.84. The highest BCUT2D eigenvalue weighted by Crippen LogP contribution is 2.27. The standard InChI is InChI=1S/C17H20ClN7/c1-11-4-7-25(14-3-6-20-17(18)24-14)9-12(11)8-21-16-13-2-5-19-15(13)22-10-23-16/h2-3,5-6,10-12H,4,7-9H2,1H3,(H2,19,21,22,23). The predicted molar refractivity (Wildman–Crippen MR) is 98.9 cm³/mol. The number of nitrogens with zero attached hydrogens (tertiary/aromatic N) is 5. The molecule has 4 rings (SSSR count). The van der Waals surface area contributed by atoms with Gasteiger partial charge in [0.2, 0.25) is 5.28 Å². The van der Waals surface area contributed by atoms with Gasteiger partial charge in [-0.3, -0.25) is 0 Å². The van der Waals surface area contributed by atoms with Crippen molar-refractivity contribution >= 4 is 34.3 Å². The maximum absolute atomic E-state index is 5.94. The van der Waals surface area contributed by atoms with Gasteiger partial charge in [0.1, 0.15) is 23.6 Å². The van der Waals surface area contributed by atoms with Crippen LogP contribution in [0.2, 0.25) is 5.28 Å². The Morgan fingerprint density at radius 3 is 3.12 bits per heavy atom. The average molecular weight is 358 g/mol. The molecule has 0 bridgehead atoms. The second-order valence-corrected chi connectivity index (χ2v) is 6.84. The molecule has 3 aromatic heterocycles. The summed E-state index contributed by atoms with van der Waals surface area (Å²) in [7, 11) is 0. The minimum atomic E-state index is 0.293. The summed E-state index contributed by atoms with van der Waals surface area (Å²) < 4.78 is 0. The van der Waals surface area contributed by atoms with Crippen LogP contribution in [-0.2, 0) is 0 Å². The van der Waals surface area contributed by atoms with E-state index in [1.165, 1.54) is 0 Å². The molecule has 1 aliphatic rings. The topological polar surface area (TPSA) is 82.6 Å². The quantitative estimate of drug-likeness (QED) is 0.698. The zero-order chi connectivity index (χ0) is 17.2. The molecule has 130 valence electrons. The number of aromatic nitrogens is 5. The Balaban J connectivity index is 1.46. The summed E-state index contributed by atoms with van der Waals surface area (Å²) in [6.07, 6.45) is 6.30. The zero-order valence-corrected chi connectivity index (χ0v) is 14.7. The molecule has 0 spiro atoms. The molecule has 2 N–H and O–H groups in total. The molecular weight excluding hydrogens is 338 g/mol. The number of hydrogen-bond acceptors (Lipinski definition) is 6. The van der Waals surface area contributed by atoms with E-state index in [0.717, 1.165) is 48.7 Å². The number of nitrogens with one attached hydrogen (secondary N) is 2. The Morgan fingerprint density at radius 2 is 2.24 bits per heavy atom. The number of hydrogen-bond donors (Lipinski definition) is 2. The molecule has 1 aliphatic heterocycles. The number of aromatic amines is 1. The lowest BCUT2D eigenvalue weighted by molar-refractivity contribution is 0.313. The molecule has 0 saturated carbocycles. The summed E-state index contributed by atoms with van der Waals surface area (Å²) in [6, 6.07) is 3.91. The van der Waals surface area contributed by atoms with Crippen LogP contribution in [0.25, 0.3) is 11.0 Å². The lowest BCUT2D eigenvalue weighted by Crippen LogP contribution is -2.42. The molecule has 1 fully saturated rings. The van der Waals surface area contributed by atoms with E-state index in [9.17, 15) is 0 Å². The van der Waals surface area contributed by atoms with E-state index >= 15 is 0 Å². The van der Waals surface area contributed by atoms with Crippen molar-refractivity contribution in [2.75, 3.05) is 29.9 Å². The highest BCUT2D eigenvalue weighted by Gasteiger charge is 2.27. The van der Waals surface area contributed by atoms with Gasteiger partial charge < -0.3 is 15.2 Å². The number of rotatable bonds is 4. The van der Waals surface area contributed by atoms with E-state index in [-0.39, 0.29) is 0 Å². The normalized spacial score (nSPS) is 20.8. The molecule has 1 saturated heterocycles. The van der Waals surface area contributed by atoms with Crippen LogP contribution in [0.4, 0.5) is 11.6 Å². The molecule has 3 aromatic rings. The molecule has 0 amide bonds. The first kappa shape index (κ1) is 16.1. The summed E-state index contributed by atoms with van der Waals surface area (Å²) >= 11 is 5.94. The van der Waals surface area contributed by atoms with E-state index in [4.69, 9.17) is 11.6 Å². The summed E-state index contributed by atoms with van der Waals surface area (Å²) in [5.74, 6) is 2.89. The van der Waals surface area contributed by atoms with Gasteiger partial charge in [-0.2, -0.15) is 0 Å². The molecule has 4 heterocycles. The Labute approximate surface area is 150 Å². The van der Waals surface area contributed by atoms with Crippen LogP contribution in [-0.4, -0.2) is 44.6 Å². The van der Waals surface area contributed by atoms with Gasteiger partial charge in [0.15, 0.2) is 0 Å². The van der Waals surface area contributed by atoms with E-state index in [0.29, 0.717) is 17.1 Å². The molecule has 25 heavy (non-hydrogen) atoms. The fourth-order valence-corrected chi connectivity index (χ4v) is 3.51. The largest absolute Gasteiger partial charge is 0.369 e. The molecule has 8 heteroatoms. The van der Waals surface area contributed by atoms with Gasteiger partial charge in [-0.25, -0.2) is 19.9 Å². The Hall–Kier alpha value is -2.41. The molecular formula is C17H20ClN7. The fraction of sp³-hybridized carbons (Fsp3) is 0.412. The number of halogens is 1. The maximum Gasteiger partial charge on any atom is 0.224 e. The smallest absolute Gasteiger partial charge is 0.224 e. The number of H-pyrrole nitrogens is 1. The van der Waals surface area contributed by atoms with Gasteiger partial charge in [-0.1, -0.05) is 6.92 Å². The van der Waals surface area contributed by atoms with Crippen LogP contribution in [0.5, 0.6) is 0 Å². The van der Waals surface area contributed by atoms with Crippen molar-refractivity contribution in [2.45, 2.75) is 13.3 Å². The minimum absolute atomic E-state index is 0.293. The molecule has 2 atom stereocenters. The van der Waals surface area contributed by atoms with Gasteiger partial charge in [-0.15, -0.1) is 0 Å². The van der Waals surface area contributed by atoms with Crippen LogP contribution in [0.1, 0.15) is 13.3 Å². The fourth-order valence-electron chi connectivity index (χ4n) is 3.37. The van der Waals surface area contributed by atoms with Crippen molar-refractivity contribution in [3.8, 4) is 0 Å². The molecule has 0 aromatic carbocycles. The third-order valence-corrected chi connectivity index (χ3v) is 5.12. The summed E-state index contributed by atoms with van der Waals surface area (Å²) in [4.78, 5) is 22.3. The molecule has 0 aliphatic carbocycles. The number of anilines is 2. The third-order valence-electron chi connectivity index (χ3n) is 4.94. The van der Waals surface area contributed by atoms with Crippen molar-refractivity contribution in [3.05, 3.63) is 36.1 Å². The van der Waals surface area contributed by atoms with Gasteiger partial charge in [-0.05, 0) is 42.0 Å². The first-order chi connectivity index (χ1) is 12.2. The lowest BCUT2D eigenvalue weighted by atomic mass is 9.87. The SMILES string of the molecule is CC1CCN(c2ccnc(Cl)n2)CC1CNc1ncnc2[nH]ccc12. The van der Waals surface area contributed by atoms with Crippen molar-refractivity contribution in [3.63, 3.8) is 0 Å². The van der Waals surface area contributed by atoms with Crippen LogP contribution in [0.3, 0.4) is 0 Å². The van der Waals surface area contributed by atoms with E-state index in [1.807, 2.05) is 18.3 Å². The number of fused-ring (bicyclic) bond motifs is 1. The van der Waals surface area contributed by atoms with Gasteiger partial charge in [0, 0.05) is 32.0 Å². The second kappa shape index (κ2) is 6.84. The highest BCUT2D eigenvalue weighted by atomic mass is 35.5. The van der Waals surface area contributed by atoms with Crippen LogP contribution in [0, 0.1) is 11.8 Å². The van der Waals surface area contributed by atoms with Crippen LogP contribution in [0.15, 0.2) is 30.9 Å². The first-order valence-electron chi connectivity index (χ1n) is 8.46. The molecule has 2 unspecified atom stereocenters. The van der Waals surface area contributed by atoms with Crippen molar-refractivity contribution in [1.82, 2.24) is 24.9 Å². The number of piperidine rings is 1. The van der Waals surface area contributed by atoms with E-state index < -0.39 is 0 Å². The maximum atomic E-state index is 5.94. The van der Waals surface area contributed by atoms with Crippen molar-refractivity contribution in [2.24, 2.45) is 11.8 Å². The molecule has 7 nitrogen and oxygen atoms in total. The Kier molecular flexibility index (Phi) is 4.40. The Bertz CT molecular complexity index is 865. The average Bonchev–Trinajstić information content (AvgIpc) is 3.10. The predicted octanol–water partition coefficient (Wildman–Crippen LogP) is 2.98. The highest BCUT2D eigenvalue weighted by molar-refractivity contribution is 6.28. The minimum Gasteiger partial charge on any atom is -0.369 e. The summed E-state index contributed by atoms with van der Waals surface area (Å²) in [6.45, 7) is 5.08. The van der Waals surface area contributed by atoms with Crippen molar-refractivity contribution in [1.29, 1.82) is 0 Å². The van der Waals surface area contributed by atoms with Crippen molar-refractivity contribution < 1.29 is 0 Å². The lowest BCUT2D eigenvalue weighted by Gasteiger charge is -2.38. The van der Waals surface area contributed by atoms with Gasteiger partial charge in [0.25, 0.3) is 0 Å². The molecule has 0 radical (unpaired) electrons. The second-order valence-electron chi connectivity index (χ2n) is 6.50. The van der Waals surface area contributed by atoms with E-state index in [2.05, 4.69) is 42.1 Å². The van der Waals surface area contributed by atoms with Gasteiger partial charge in [0.05, 0.1) is 5.39 Å². The van der Waals surface area contributed by atoms with E-state index in [1.54, 1.807) is 12.5 Å².